The van der Waals surface area contributed by atoms with Gasteiger partial charge < -0.3 is 10.5 Å². The lowest BCUT2D eigenvalue weighted by Crippen LogP contribution is -2.24. The number of hydrogen-bond donors (Lipinski definition) is 1. The third-order valence-corrected chi connectivity index (χ3v) is 4.82. The minimum absolute atomic E-state index is 0.103. The summed E-state index contributed by atoms with van der Waals surface area (Å²) in [5.74, 6) is 0.781. The summed E-state index contributed by atoms with van der Waals surface area (Å²) in [4.78, 5) is 13.0. The van der Waals surface area contributed by atoms with E-state index in [-0.39, 0.29) is 5.56 Å². The SMILES string of the molecule is COc1ccc(Cn2nc(-c3ccc(CN)cc3)c3ccccc3c2=O)cc1. The summed E-state index contributed by atoms with van der Waals surface area (Å²) in [5, 5.41) is 6.21. The Bertz CT molecular complexity index is 1160. The summed E-state index contributed by atoms with van der Waals surface area (Å²) >= 11 is 0. The summed E-state index contributed by atoms with van der Waals surface area (Å²) in [6.07, 6.45) is 0. The Labute approximate surface area is 163 Å². The van der Waals surface area contributed by atoms with Gasteiger partial charge >= 0.3 is 0 Å². The number of aromatic nitrogens is 2. The lowest BCUT2D eigenvalue weighted by molar-refractivity contribution is 0.414. The number of hydrogen-bond acceptors (Lipinski definition) is 4. The van der Waals surface area contributed by atoms with Gasteiger partial charge in [-0.25, -0.2) is 4.68 Å². The zero-order valence-electron chi connectivity index (χ0n) is 15.6. The highest BCUT2D eigenvalue weighted by molar-refractivity contribution is 5.93. The molecule has 0 fully saturated rings. The molecule has 4 rings (SSSR count). The van der Waals surface area contributed by atoms with Crippen LogP contribution in [0.4, 0.5) is 0 Å². The highest BCUT2D eigenvalue weighted by atomic mass is 16.5. The number of methoxy groups -OCH3 is 1. The van der Waals surface area contributed by atoms with E-state index in [0.717, 1.165) is 33.5 Å². The number of ether oxygens (including phenoxy) is 1. The van der Waals surface area contributed by atoms with Gasteiger partial charge in [0.15, 0.2) is 0 Å². The first-order chi connectivity index (χ1) is 13.7. The van der Waals surface area contributed by atoms with Crippen molar-refractivity contribution in [3.63, 3.8) is 0 Å². The van der Waals surface area contributed by atoms with Gasteiger partial charge in [0.05, 0.1) is 24.7 Å². The molecule has 0 bridgehead atoms. The average Bonchev–Trinajstić information content (AvgIpc) is 2.76. The largest absolute Gasteiger partial charge is 0.497 e. The van der Waals surface area contributed by atoms with Gasteiger partial charge in [-0.2, -0.15) is 5.10 Å². The molecule has 0 spiro atoms. The van der Waals surface area contributed by atoms with Crippen LogP contribution in [0, 0.1) is 0 Å². The van der Waals surface area contributed by atoms with Gasteiger partial charge in [0.2, 0.25) is 0 Å². The van der Waals surface area contributed by atoms with Crippen LogP contribution in [0.1, 0.15) is 11.1 Å². The molecule has 5 nitrogen and oxygen atoms in total. The van der Waals surface area contributed by atoms with Crippen molar-refractivity contribution in [3.8, 4) is 17.0 Å². The number of fused-ring (bicyclic) bond motifs is 1. The highest BCUT2D eigenvalue weighted by Gasteiger charge is 2.12. The first kappa shape index (κ1) is 17.9. The zero-order chi connectivity index (χ0) is 19.5. The molecule has 0 aliphatic carbocycles. The summed E-state index contributed by atoms with van der Waals surface area (Å²) in [5.41, 5.74) is 9.38. The summed E-state index contributed by atoms with van der Waals surface area (Å²) in [6.45, 7) is 0.882. The smallest absolute Gasteiger partial charge is 0.274 e. The Morgan fingerprint density at radius 3 is 2.18 bits per heavy atom. The van der Waals surface area contributed by atoms with E-state index >= 15 is 0 Å². The Morgan fingerprint density at radius 2 is 1.54 bits per heavy atom. The first-order valence-corrected chi connectivity index (χ1v) is 9.12. The van der Waals surface area contributed by atoms with Crippen LogP contribution in [0.2, 0.25) is 0 Å². The predicted octanol–water partition coefficient (Wildman–Crippen LogP) is 3.58. The van der Waals surface area contributed by atoms with Crippen LogP contribution in [0.5, 0.6) is 5.75 Å². The Kier molecular flexibility index (Phi) is 4.91. The molecule has 0 atom stereocenters. The van der Waals surface area contributed by atoms with E-state index in [1.54, 1.807) is 7.11 Å². The third-order valence-electron chi connectivity index (χ3n) is 4.82. The van der Waals surface area contributed by atoms with E-state index in [0.29, 0.717) is 18.5 Å². The second kappa shape index (κ2) is 7.66. The van der Waals surface area contributed by atoms with Crippen molar-refractivity contribution in [1.82, 2.24) is 9.78 Å². The molecule has 28 heavy (non-hydrogen) atoms. The molecular weight excluding hydrogens is 350 g/mol. The molecule has 5 heteroatoms. The van der Waals surface area contributed by atoms with Crippen molar-refractivity contribution in [2.24, 2.45) is 5.73 Å². The Balaban J connectivity index is 1.84. The molecule has 1 aromatic heterocycles. The molecule has 2 N–H and O–H groups in total. The fraction of sp³-hybridized carbons (Fsp3) is 0.130. The van der Waals surface area contributed by atoms with E-state index in [1.807, 2.05) is 72.8 Å². The molecule has 3 aromatic carbocycles. The normalized spacial score (nSPS) is 10.9. The van der Waals surface area contributed by atoms with Crippen molar-refractivity contribution < 1.29 is 4.74 Å². The first-order valence-electron chi connectivity index (χ1n) is 9.12. The maximum absolute atomic E-state index is 13.0. The van der Waals surface area contributed by atoms with E-state index in [9.17, 15) is 4.79 Å². The van der Waals surface area contributed by atoms with Crippen molar-refractivity contribution in [2.45, 2.75) is 13.1 Å². The Hall–Kier alpha value is -3.44. The summed E-state index contributed by atoms with van der Waals surface area (Å²) in [6, 6.07) is 23.2. The molecule has 0 amide bonds. The van der Waals surface area contributed by atoms with Gasteiger partial charge in [-0.15, -0.1) is 0 Å². The van der Waals surface area contributed by atoms with Crippen LogP contribution >= 0.6 is 0 Å². The number of nitrogens with two attached hydrogens (primary N) is 1. The van der Waals surface area contributed by atoms with E-state index in [1.165, 1.54) is 4.68 Å². The minimum Gasteiger partial charge on any atom is -0.497 e. The molecule has 0 aliphatic heterocycles. The summed E-state index contributed by atoms with van der Waals surface area (Å²) < 4.78 is 6.73. The second-order valence-electron chi connectivity index (χ2n) is 6.61. The van der Waals surface area contributed by atoms with Gasteiger partial charge in [0.25, 0.3) is 5.56 Å². The molecule has 0 radical (unpaired) electrons. The molecule has 0 aliphatic rings. The highest BCUT2D eigenvalue weighted by Crippen LogP contribution is 2.25. The molecule has 140 valence electrons. The van der Waals surface area contributed by atoms with Gasteiger partial charge in [0, 0.05) is 17.5 Å². The van der Waals surface area contributed by atoms with Crippen LogP contribution in [-0.4, -0.2) is 16.9 Å². The van der Waals surface area contributed by atoms with Crippen LogP contribution < -0.4 is 16.0 Å². The van der Waals surface area contributed by atoms with Crippen LogP contribution in [0.3, 0.4) is 0 Å². The number of nitrogens with zero attached hydrogens (tertiary/aromatic N) is 2. The maximum Gasteiger partial charge on any atom is 0.274 e. The van der Waals surface area contributed by atoms with Crippen molar-refractivity contribution >= 4 is 10.8 Å². The van der Waals surface area contributed by atoms with Gasteiger partial charge in [-0.3, -0.25) is 4.79 Å². The lowest BCUT2D eigenvalue weighted by Gasteiger charge is -2.12. The number of benzene rings is 3. The topological polar surface area (TPSA) is 70.1 Å². The lowest BCUT2D eigenvalue weighted by atomic mass is 10.0. The van der Waals surface area contributed by atoms with Crippen molar-refractivity contribution in [2.75, 3.05) is 7.11 Å². The zero-order valence-corrected chi connectivity index (χ0v) is 15.6. The Morgan fingerprint density at radius 1 is 0.893 bits per heavy atom. The van der Waals surface area contributed by atoms with Crippen LogP contribution in [0.15, 0.2) is 77.6 Å². The summed E-state index contributed by atoms with van der Waals surface area (Å²) in [7, 11) is 1.63. The molecule has 4 aromatic rings. The minimum atomic E-state index is -0.103. The maximum atomic E-state index is 13.0. The second-order valence-corrected chi connectivity index (χ2v) is 6.61. The van der Waals surface area contributed by atoms with E-state index < -0.39 is 0 Å². The molecular formula is C23H21N3O2. The molecule has 0 saturated carbocycles. The predicted molar refractivity (Wildman–Crippen MR) is 111 cm³/mol. The van der Waals surface area contributed by atoms with E-state index in [2.05, 4.69) is 0 Å². The fourth-order valence-corrected chi connectivity index (χ4v) is 3.26. The van der Waals surface area contributed by atoms with E-state index in [4.69, 9.17) is 15.6 Å². The fourth-order valence-electron chi connectivity index (χ4n) is 3.26. The molecule has 1 heterocycles. The van der Waals surface area contributed by atoms with Gasteiger partial charge in [-0.05, 0) is 29.3 Å². The molecule has 0 saturated heterocycles. The third kappa shape index (κ3) is 3.40. The van der Waals surface area contributed by atoms with Crippen LogP contribution in [0.25, 0.3) is 22.0 Å². The van der Waals surface area contributed by atoms with Crippen molar-refractivity contribution in [1.29, 1.82) is 0 Å². The monoisotopic (exact) mass is 371 g/mol. The quantitative estimate of drug-likeness (QED) is 0.582. The van der Waals surface area contributed by atoms with Crippen LogP contribution in [-0.2, 0) is 13.1 Å². The standard InChI is InChI=1S/C23H21N3O2/c1-28-19-12-8-17(9-13-19)15-26-23(27)21-5-3-2-4-20(21)22(25-26)18-10-6-16(14-24)7-11-18/h2-13H,14-15,24H2,1H3. The average molecular weight is 371 g/mol. The van der Waals surface area contributed by atoms with Crippen molar-refractivity contribution in [3.05, 3.63) is 94.3 Å². The molecule has 0 unspecified atom stereocenters. The number of rotatable bonds is 5. The van der Waals surface area contributed by atoms with Gasteiger partial charge in [-0.1, -0.05) is 54.6 Å². The van der Waals surface area contributed by atoms with Gasteiger partial charge in [0.1, 0.15) is 5.75 Å².